The molecule has 0 unspecified atom stereocenters. The van der Waals surface area contributed by atoms with Crippen molar-refractivity contribution in [1.29, 1.82) is 0 Å². The average molecular weight is 202 g/mol. The standard InChI is InChI=1S/C3HF7O2/c4-1(5,11)2(6,7)12-3(8,9)10/h11H. The van der Waals surface area contributed by atoms with Crippen LogP contribution in [0.4, 0.5) is 30.7 Å². The van der Waals surface area contributed by atoms with Gasteiger partial charge in [0.05, 0.1) is 0 Å². The van der Waals surface area contributed by atoms with Crippen LogP contribution in [0.3, 0.4) is 0 Å². The lowest BCUT2D eigenvalue weighted by atomic mass is 10.6. The number of hydrogen-bond acceptors (Lipinski definition) is 2. The topological polar surface area (TPSA) is 29.5 Å². The number of halogens is 7. The number of aliphatic hydroxyl groups is 1. The van der Waals surface area contributed by atoms with E-state index in [1.165, 1.54) is 0 Å². The molecule has 0 saturated carbocycles. The van der Waals surface area contributed by atoms with Crippen molar-refractivity contribution in [3.05, 3.63) is 0 Å². The molecule has 0 bridgehead atoms. The Balaban J connectivity index is 4.44. The Morgan fingerprint density at radius 1 is 0.833 bits per heavy atom. The molecule has 0 aromatic rings. The first kappa shape index (κ1) is 11.4. The van der Waals surface area contributed by atoms with Crippen LogP contribution in [0, 0.1) is 0 Å². The van der Waals surface area contributed by atoms with Gasteiger partial charge in [0.2, 0.25) is 0 Å². The lowest BCUT2D eigenvalue weighted by molar-refractivity contribution is -0.498. The predicted octanol–water partition coefficient (Wildman–Crippen LogP) is 1.70. The summed E-state index contributed by atoms with van der Waals surface area (Å²) in [6, 6.07) is 0. The zero-order chi connectivity index (χ0) is 10.2. The van der Waals surface area contributed by atoms with E-state index >= 15 is 0 Å². The van der Waals surface area contributed by atoms with Crippen molar-refractivity contribution in [2.45, 2.75) is 18.6 Å². The molecule has 0 aliphatic heterocycles. The molecule has 0 amide bonds. The van der Waals surface area contributed by atoms with Crippen LogP contribution in [0.25, 0.3) is 0 Å². The maximum absolute atomic E-state index is 11.5. The van der Waals surface area contributed by atoms with E-state index in [9.17, 15) is 30.7 Å². The van der Waals surface area contributed by atoms with Crippen molar-refractivity contribution in [1.82, 2.24) is 0 Å². The van der Waals surface area contributed by atoms with Gasteiger partial charge in [0.15, 0.2) is 0 Å². The summed E-state index contributed by atoms with van der Waals surface area (Å²) in [7, 11) is 0. The fraction of sp³-hybridized carbons (Fsp3) is 1.00. The lowest BCUT2D eigenvalue weighted by Gasteiger charge is -2.21. The van der Waals surface area contributed by atoms with Gasteiger partial charge < -0.3 is 5.11 Å². The minimum absolute atomic E-state index is 1.66. The molecule has 1 N–H and O–H groups in total. The SMILES string of the molecule is OC(F)(F)C(F)(F)OC(F)(F)F. The Labute approximate surface area is 60.5 Å². The monoisotopic (exact) mass is 202 g/mol. The molecule has 0 saturated heterocycles. The third-order valence-corrected chi connectivity index (χ3v) is 0.594. The summed E-state index contributed by atoms with van der Waals surface area (Å²) >= 11 is 0. The molecule has 12 heavy (non-hydrogen) atoms. The van der Waals surface area contributed by atoms with E-state index in [0.29, 0.717) is 0 Å². The number of ether oxygens (including phenoxy) is 1. The maximum atomic E-state index is 11.5. The van der Waals surface area contributed by atoms with Crippen molar-refractivity contribution < 1.29 is 40.6 Å². The molecule has 9 heteroatoms. The predicted molar refractivity (Wildman–Crippen MR) is 19.3 cm³/mol. The quantitative estimate of drug-likeness (QED) is 0.690. The van der Waals surface area contributed by atoms with Crippen molar-refractivity contribution in [2.24, 2.45) is 0 Å². The van der Waals surface area contributed by atoms with Crippen LogP contribution in [-0.4, -0.2) is 23.7 Å². The molecule has 2 nitrogen and oxygen atoms in total. The molecule has 0 atom stereocenters. The van der Waals surface area contributed by atoms with Gasteiger partial charge in [-0.05, 0) is 0 Å². The number of hydrogen-bond donors (Lipinski definition) is 1. The van der Waals surface area contributed by atoms with E-state index in [2.05, 4.69) is 0 Å². The zero-order valence-corrected chi connectivity index (χ0v) is 5.00. The maximum Gasteiger partial charge on any atom is 0.527 e. The van der Waals surface area contributed by atoms with Gasteiger partial charge in [-0.3, -0.25) is 0 Å². The molecule has 0 rings (SSSR count). The van der Waals surface area contributed by atoms with Crippen molar-refractivity contribution in [2.75, 3.05) is 0 Å². The van der Waals surface area contributed by atoms with Gasteiger partial charge in [-0.25, -0.2) is 4.74 Å². The van der Waals surface area contributed by atoms with Crippen LogP contribution >= 0.6 is 0 Å². The summed E-state index contributed by atoms with van der Waals surface area (Å²) in [6.07, 6.45) is -17.8. The molecule has 0 aromatic heterocycles. The molecule has 0 spiro atoms. The largest absolute Gasteiger partial charge is 0.527 e. The molecule has 74 valence electrons. The number of alkyl halides is 7. The van der Waals surface area contributed by atoms with Crippen LogP contribution in [0.15, 0.2) is 0 Å². The highest BCUT2D eigenvalue weighted by molar-refractivity contribution is 4.63. The molecule has 0 aliphatic carbocycles. The Bertz CT molecular complexity index is 155. The van der Waals surface area contributed by atoms with E-state index in [1.54, 1.807) is 4.74 Å². The molecule has 0 radical (unpaired) electrons. The van der Waals surface area contributed by atoms with Gasteiger partial charge in [-0.1, -0.05) is 0 Å². The molecule has 0 aromatic carbocycles. The zero-order valence-electron chi connectivity index (χ0n) is 5.00. The van der Waals surface area contributed by atoms with Crippen molar-refractivity contribution >= 4 is 0 Å². The highest BCUT2D eigenvalue weighted by Crippen LogP contribution is 2.37. The first-order valence-electron chi connectivity index (χ1n) is 2.20. The van der Waals surface area contributed by atoms with Crippen molar-refractivity contribution in [3.8, 4) is 0 Å². The highest BCUT2D eigenvalue weighted by Gasteiger charge is 2.62. The molecular formula is C3HF7O2. The summed E-state index contributed by atoms with van der Waals surface area (Å²) in [5.41, 5.74) is 0. The number of rotatable bonds is 2. The van der Waals surface area contributed by atoms with E-state index < -0.39 is 18.6 Å². The van der Waals surface area contributed by atoms with Gasteiger partial charge in [0.1, 0.15) is 0 Å². The van der Waals surface area contributed by atoms with Crippen LogP contribution in [0.1, 0.15) is 0 Å². The van der Waals surface area contributed by atoms with Crippen LogP contribution in [0.2, 0.25) is 0 Å². The van der Waals surface area contributed by atoms with Crippen LogP contribution in [-0.2, 0) is 4.74 Å². The third kappa shape index (κ3) is 3.22. The van der Waals surface area contributed by atoms with Gasteiger partial charge in [-0.15, -0.1) is 13.2 Å². The Kier molecular flexibility index (Phi) is 2.60. The third-order valence-electron chi connectivity index (χ3n) is 0.594. The molecule has 0 aliphatic rings. The minimum atomic E-state index is -5.98. The highest BCUT2D eigenvalue weighted by atomic mass is 19.4. The second-order valence-electron chi connectivity index (χ2n) is 1.61. The Morgan fingerprint density at radius 3 is 1.25 bits per heavy atom. The minimum Gasteiger partial charge on any atom is -0.329 e. The van der Waals surface area contributed by atoms with Crippen LogP contribution in [0.5, 0.6) is 0 Å². The van der Waals surface area contributed by atoms with Gasteiger partial charge in [0.25, 0.3) is 0 Å². The summed E-state index contributed by atoms with van der Waals surface area (Å²) in [6.45, 7) is 0. The normalized spacial score (nSPS) is 15.0. The molecule has 0 heterocycles. The van der Waals surface area contributed by atoms with Gasteiger partial charge >= 0.3 is 18.6 Å². The second-order valence-corrected chi connectivity index (χ2v) is 1.61. The summed E-state index contributed by atoms with van der Waals surface area (Å²) in [5.74, 6) is 0. The fourth-order valence-electron chi connectivity index (χ4n) is 0.207. The summed E-state index contributed by atoms with van der Waals surface area (Å²) in [5, 5.41) is 7.20. The average Bonchev–Trinajstić information content (AvgIpc) is 1.52. The van der Waals surface area contributed by atoms with Gasteiger partial charge in [-0.2, -0.15) is 17.6 Å². The second kappa shape index (κ2) is 2.73. The van der Waals surface area contributed by atoms with Crippen LogP contribution < -0.4 is 0 Å². The van der Waals surface area contributed by atoms with Crippen molar-refractivity contribution in [3.63, 3.8) is 0 Å². The van der Waals surface area contributed by atoms with E-state index in [4.69, 9.17) is 5.11 Å². The molecule has 0 fully saturated rings. The van der Waals surface area contributed by atoms with E-state index in [-0.39, 0.29) is 0 Å². The van der Waals surface area contributed by atoms with Gasteiger partial charge in [0, 0.05) is 0 Å². The Morgan fingerprint density at radius 2 is 1.17 bits per heavy atom. The Hall–Kier alpha value is -0.570. The summed E-state index contributed by atoms with van der Waals surface area (Å²) in [4.78, 5) is 0. The first-order valence-corrected chi connectivity index (χ1v) is 2.20. The van der Waals surface area contributed by atoms with E-state index in [1.807, 2.05) is 0 Å². The smallest absolute Gasteiger partial charge is 0.329 e. The first-order chi connectivity index (χ1) is 4.96. The molecular weight excluding hydrogens is 201 g/mol. The lowest BCUT2D eigenvalue weighted by Crippen LogP contribution is -2.45. The summed E-state index contributed by atoms with van der Waals surface area (Å²) < 4.78 is 79.9. The fourth-order valence-corrected chi connectivity index (χ4v) is 0.207. The van der Waals surface area contributed by atoms with E-state index in [0.717, 1.165) is 0 Å².